The van der Waals surface area contributed by atoms with Gasteiger partial charge in [-0.25, -0.2) is 9.78 Å². The number of likely N-dealkylation sites (tertiary alicyclic amines) is 1. The van der Waals surface area contributed by atoms with E-state index in [0.29, 0.717) is 43.2 Å². The predicted molar refractivity (Wildman–Crippen MR) is 122 cm³/mol. The predicted octanol–water partition coefficient (Wildman–Crippen LogP) is 4.17. The number of urea groups is 1. The first kappa shape index (κ1) is 20.5. The Balaban J connectivity index is 1.36. The first-order chi connectivity index (χ1) is 15.6. The fourth-order valence-corrected chi connectivity index (χ4v) is 4.61. The monoisotopic (exact) mass is 432 g/mol. The highest BCUT2D eigenvalue weighted by Crippen LogP contribution is 2.27. The number of hydrogen-bond acceptors (Lipinski definition) is 4. The molecule has 0 saturated carbocycles. The van der Waals surface area contributed by atoms with Crippen LogP contribution in [0.25, 0.3) is 22.4 Å². The zero-order valence-electron chi connectivity index (χ0n) is 18.4. The van der Waals surface area contributed by atoms with E-state index in [2.05, 4.69) is 0 Å². The molecule has 0 atom stereocenters. The quantitative estimate of drug-likeness (QED) is 0.610. The molecule has 4 heterocycles. The zero-order chi connectivity index (χ0) is 22.1. The van der Waals surface area contributed by atoms with E-state index in [0.717, 1.165) is 42.6 Å². The molecule has 0 aliphatic carbocycles. The van der Waals surface area contributed by atoms with Gasteiger partial charge in [-0.15, -0.1) is 0 Å². The molecule has 1 aromatic carbocycles. The molecule has 0 bridgehead atoms. The van der Waals surface area contributed by atoms with Crippen molar-refractivity contribution in [1.82, 2.24) is 19.7 Å². The fraction of sp³-hybridized carbons (Fsp3) is 0.400. The fourth-order valence-electron chi connectivity index (χ4n) is 4.61. The van der Waals surface area contributed by atoms with Crippen LogP contribution in [0.3, 0.4) is 0 Å². The number of fused-ring (bicyclic) bond motifs is 1. The number of piperazine rings is 1. The number of aromatic nitrogens is 1. The molecule has 0 spiro atoms. The number of carbonyl (C=O) groups is 2. The van der Waals surface area contributed by atoms with Gasteiger partial charge < -0.3 is 19.1 Å². The maximum absolute atomic E-state index is 13.5. The molecule has 2 aliphatic heterocycles. The third-order valence-electron chi connectivity index (χ3n) is 6.40. The summed E-state index contributed by atoms with van der Waals surface area (Å²) in [5.41, 5.74) is 2.04. The van der Waals surface area contributed by atoms with Crippen molar-refractivity contribution in [3.8, 4) is 11.5 Å². The van der Waals surface area contributed by atoms with Gasteiger partial charge in [0.25, 0.3) is 5.91 Å². The van der Waals surface area contributed by atoms with Crippen LogP contribution in [0.5, 0.6) is 0 Å². The lowest BCUT2D eigenvalue weighted by molar-refractivity contribution is 0.0635. The van der Waals surface area contributed by atoms with Gasteiger partial charge in [0.15, 0.2) is 5.76 Å². The normalized spacial score (nSPS) is 17.1. The van der Waals surface area contributed by atoms with Gasteiger partial charge in [-0.2, -0.15) is 0 Å². The first-order valence-corrected chi connectivity index (χ1v) is 11.4. The van der Waals surface area contributed by atoms with Crippen molar-refractivity contribution in [2.24, 2.45) is 0 Å². The van der Waals surface area contributed by atoms with E-state index in [1.807, 2.05) is 64.1 Å². The SMILES string of the molecule is Cc1ccc(-c2cc(C(=O)N3CCN(C(=O)N4CCCCC4)CC3)c3ccccc3n2)o1. The van der Waals surface area contributed by atoms with E-state index in [4.69, 9.17) is 9.40 Å². The first-order valence-electron chi connectivity index (χ1n) is 11.4. The molecule has 166 valence electrons. The van der Waals surface area contributed by atoms with Crippen molar-refractivity contribution in [2.75, 3.05) is 39.3 Å². The summed E-state index contributed by atoms with van der Waals surface area (Å²) in [4.78, 5) is 36.7. The summed E-state index contributed by atoms with van der Waals surface area (Å²) in [5, 5.41) is 0.830. The zero-order valence-corrected chi connectivity index (χ0v) is 18.4. The molecule has 3 amide bonds. The molecule has 0 unspecified atom stereocenters. The van der Waals surface area contributed by atoms with Crippen LogP contribution >= 0.6 is 0 Å². The lowest BCUT2D eigenvalue weighted by Crippen LogP contribution is -2.54. The lowest BCUT2D eigenvalue weighted by Gasteiger charge is -2.38. The number of para-hydroxylation sites is 1. The Labute approximate surface area is 187 Å². The van der Waals surface area contributed by atoms with Crippen LogP contribution in [-0.2, 0) is 0 Å². The van der Waals surface area contributed by atoms with Gasteiger partial charge in [-0.1, -0.05) is 18.2 Å². The van der Waals surface area contributed by atoms with Gasteiger partial charge in [0, 0.05) is 44.7 Å². The second-order valence-electron chi connectivity index (χ2n) is 8.59. The summed E-state index contributed by atoms with van der Waals surface area (Å²) in [7, 11) is 0. The van der Waals surface area contributed by atoms with Crippen molar-refractivity contribution in [3.05, 3.63) is 53.8 Å². The Kier molecular flexibility index (Phi) is 5.55. The van der Waals surface area contributed by atoms with Crippen molar-refractivity contribution in [3.63, 3.8) is 0 Å². The molecule has 0 radical (unpaired) electrons. The van der Waals surface area contributed by atoms with E-state index >= 15 is 0 Å². The number of amides is 3. The van der Waals surface area contributed by atoms with E-state index in [9.17, 15) is 9.59 Å². The molecule has 3 aromatic rings. The molecule has 7 nitrogen and oxygen atoms in total. The van der Waals surface area contributed by atoms with Crippen LogP contribution in [0.2, 0.25) is 0 Å². The number of pyridine rings is 1. The molecule has 2 aromatic heterocycles. The number of piperidine rings is 1. The van der Waals surface area contributed by atoms with Gasteiger partial charge in [0.2, 0.25) is 0 Å². The highest BCUT2D eigenvalue weighted by molar-refractivity contribution is 6.07. The van der Waals surface area contributed by atoms with Gasteiger partial charge in [0.05, 0.1) is 11.1 Å². The molecular formula is C25H28N4O3. The number of hydrogen-bond donors (Lipinski definition) is 0. The Morgan fingerprint density at radius 1 is 0.844 bits per heavy atom. The van der Waals surface area contributed by atoms with E-state index in [1.165, 1.54) is 6.42 Å². The average molecular weight is 433 g/mol. The third kappa shape index (κ3) is 3.95. The maximum atomic E-state index is 13.5. The van der Waals surface area contributed by atoms with Crippen LogP contribution in [0, 0.1) is 6.92 Å². The number of carbonyl (C=O) groups excluding carboxylic acids is 2. The molecule has 5 rings (SSSR count). The number of aryl methyl sites for hydroxylation is 1. The minimum atomic E-state index is -0.0294. The molecule has 2 fully saturated rings. The number of rotatable bonds is 2. The summed E-state index contributed by atoms with van der Waals surface area (Å²) in [5.74, 6) is 1.43. The minimum absolute atomic E-state index is 0.0294. The molecule has 0 N–H and O–H groups in total. The molecule has 2 saturated heterocycles. The maximum Gasteiger partial charge on any atom is 0.320 e. The van der Waals surface area contributed by atoms with Crippen LogP contribution in [0.1, 0.15) is 35.4 Å². The van der Waals surface area contributed by atoms with Crippen LogP contribution < -0.4 is 0 Å². The van der Waals surface area contributed by atoms with Crippen molar-refractivity contribution >= 4 is 22.8 Å². The smallest absolute Gasteiger partial charge is 0.320 e. The summed E-state index contributed by atoms with van der Waals surface area (Å²) >= 11 is 0. The Hall–Kier alpha value is -3.35. The summed E-state index contributed by atoms with van der Waals surface area (Å²) < 4.78 is 5.76. The van der Waals surface area contributed by atoms with Crippen molar-refractivity contribution < 1.29 is 14.0 Å². The molecule has 2 aliphatic rings. The van der Waals surface area contributed by atoms with Crippen molar-refractivity contribution in [2.45, 2.75) is 26.2 Å². The Morgan fingerprint density at radius 3 is 2.25 bits per heavy atom. The van der Waals surface area contributed by atoms with Gasteiger partial charge in [0.1, 0.15) is 11.5 Å². The molecule has 7 heteroatoms. The van der Waals surface area contributed by atoms with Crippen LogP contribution in [0.15, 0.2) is 46.9 Å². The number of furan rings is 1. The second-order valence-corrected chi connectivity index (χ2v) is 8.59. The molecule has 32 heavy (non-hydrogen) atoms. The summed E-state index contributed by atoms with van der Waals surface area (Å²) in [6.07, 6.45) is 3.36. The van der Waals surface area contributed by atoms with Crippen molar-refractivity contribution in [1.29, 1.82) is 0 Å². The van der Waals surface area contributed by atoms with Gasteiger partial charge >= 0.3 is 6.03 Å². The standard InChI is InChI=1S/C25H28N4O3/c1-18-9-10-23(32-18)22-17-20(19-7-3-4-8-21(19)26-22)24(30)27-13-15-29(16-14-27)25(31)28-11-5-2-6-12-28/h3-4,7-10,17H,2,5-6,11-16H2,1H3. The minimum Gasteiger partial charge on any atom is -0.460 e. The summed E-state index contributed by atoms with van der Waals surface area (Å²) in [6.45, 7) is 5.77. The van der Waals surface area contributed by atoms with E-state index in [1.54, 1.807) is 0 Å². The Morgan fingerprint density at radius 2 is 1.53 bits per heavy atom. The number of benzene rings is 1. The third-order valence-corrected chi connectivity index (χ3v) is 6.40. The summed E-state index contributed by atoms with van der Waals surface area (Å²) in [6, 6.07) is 13.4. The van der Waals surface area contributed by atoms with Crippen LogP contribution in [-0.4, -0.2) is 70.9 Å². The van der Waals surface area contributed by atoms with Crippen LogP contribution in [0.4, 0.5) is 4.79 Å². The highest BCUT2D eigenvalue weighted by atomic mass is 16.3. The molecular weight excluding hydrogens is 404 g/mol. The highest BCUT2D eigenvalue weighted by Gasteiger charge is 2.29. The van der Waals surface area contributed by atoms with Gasteiger partial charge in [-0.3, -0.25) is 4.79 Å². The van der Waals surface area contributed by atoms with E-state index in [-0.39, 0.29) is 11.9 Å². The van der Waals surface area contributed by atoms with Gasteiger partial charge in [-0.05, 0) is 50.5 Å². The van der Waals surface area contributed by atoms with E-state index < -0.39 is 0 Å². The largest absolute Gasteiger partial charge is 0.460 e. The Bertz CT molecular complexity index is 1140. The lowest BCUT2D eigenvalue weighted by atomic mass is 10.0. The average Bonchev–Trinajstić information content (AvgIpc) is 3.29. The topological polar surface area (TPSA) is 69.9 Å². The number of nitrogens with zero attached hydrogens (tertiary/aromatic N) is 4. The second kappa shape index (κ2) is 8.65.